The lowest BCUT2D eigenvalue weighted by molar-refractivity contribution is 0.0689. The van der Waals surface area contributed by atoms with E-state index in [2.05, 4.69) is 5.16 Å². The monoisotopic (exact) mass is 356 g/mol. The standard InChI is InChI=1S/C19H17FN2O4/c1-24-11-12-6-7-17(25-12)19(23)22-9-8-16-14(10-22)18(21-26-16)13-4-2-3-5-15(13)20/h2-7H,8-11H2,1H3. The summed E-state index contributed by atoms with van der Waals surface area (Å²) in [4.78, 5) is 14.4. The van der Waals surface area contributed by atoms with Gasteiger partial charge in [0.25, 0.3) is 5.91 Å². The third-order valence-electron chi connectivity index (χ3n) is 4.40. The van der Waals surface area contributed by atoms with E-state index in [1.807, 2.05) is 0 Å². The van der Waals surface area contributed by atoms with Crippen LogP contribution in [0, 0.1) is 5.82 Å². The van der Waals surface area contributed by atoms with Gasteiger partial charge in [-0.05, 0) is 24.3 Å². The minimum absolute atomic E-state index is 0.223. The second kappa shape index (κ2) is 6.76. The first-order chi connectivity index (χ1) is 12.7. The van der Waals surface area contributed by atoms with Crippen LogP contribution in [-0.2, 0) is 24.3 Å². The highest BCUT2D eigenvalue weighted by Gasteiger charge is 2.30. The Kier molecular flexibility index (Phi) is 4.30. The number of carbonyl (C=O) groups is 1. The normalized spacial score (nSPS) is 13.7. The Morgan fingerprint density at radius 1 is 1.31 bits per heavy atom. The summed E-state index contributed by atoms with van der Waals surface area (Å²) >= 11 is 0. The van der Waals surface area contributed by atoms with Crippen molar-refractivity contribution in [1.82, 2.24) is 10.1 Å². The summed E-state index contributed by atoms with van der Waals surface area (Å²) in [6, 6.07) is 9.75. The van der Waals surface area contributed by atoms with Crippen LogP contribution < -0.4 is 0 Å². The van der Waals surface area contributed by atoms with Crippen LogP contribution in [0.4, 0.5) is 4.39 Å². The highest BCUT2D eigenvalue weighted by atomic mass is 19.1. The van der Waals surface area contributed by atoms with Crippen molar-refractivity contribution in [2.75, 3.05) is 13.7 Å². The first-order valence-electron chi connectivity index (χ1n) is 8.26. The predicted molar refractivity (Wildman–Crippen MR) is 89.8 cm³/mol. The van der Waals surface area contributed by atoms with Crippen LogP contribution in [0.2, 0.25) is 0 Å². The number of nitrogens with zero attached hydrogens (tertiary/aromatic N) is 2. The van der Waals surface area contributed by atoms with E-state index in [9.17, 15) is 9.18 Å². The van der Waals surface area contributed by atoms with Crippen molar-refractivity contribution in [3.63, 3.8) is 0 Å². The number of hydrogen-bond acceptors (Lipinski definition) is 5. The van der Waals surface area contributed by atoms with Gasteiger partial charge in [-0.15, -0.1) is 0 Å². The molecule has 0 radical (unpaired) electrons. The topological polar surface area (TPSA) is 68.7 Å². The molecule has 7 heteroatoms. The quantitative estimate of drug-likeness (QED) is 0.716. The van der Waals surface area contributed by atoms with Crippen molar-refractivity contribution in [2.45, 2.75) is 19.6 Å². The molecule has 0 atom stereocenters. The van der Waals surface area contributed by atoms with E-state index in [0.29, 0.717) is 48.9 Å². The average molecular weight is 356 g/mol. The van der Waals surface area contributed by atoms with Crippen LogP contribution >= 0.6 is 0 Å². The number of hydrogen-bond donors (Lipinski definition) is 0. The number of benzene rings is 1. The number of halogens is 1. The van der Waals surface area contributed by atoms with Gasteiger partial charge in [-0.1, -0.05) is 17.3 Å². The smallest absolute Gasteiger partial charge is 0.289 e. The number of furan rings is 1. The molecule has 0 saturated carbocycles. The van der Waals surface area contributed by atoms with E-state index in [4.69, 9.17) is 13.7 Å². The molecule has 0 spiro atoms. The number of aromatic nitrogens is 1. The van der Waals surface area contributed by atoms with E-state index < -0.39 is 0 Å². The van der Waals surface area contributed by atoms with Gasteiger partial charge in [-0.3, -0.25) is 4.79 Å². The number of amides is 1. The van der Waals surface area contributed by atoms with Crippen molar-refractivity contribution in [2.24, 2.45) is 0 Å². The molecule has 134 valence electrons. The fourth-order valence-electron chi connectivity index (χ4n) is 3.12. The Morgan fingerprint density at radius 3 is 2.96 bits per heavy atom. The molecule has 0 bridgehead atoms. The van der Waals surface area contributed by atoms with Crippen molar-refractivity contribution in [3.05, 3.63) is 65.1 Å². The molecule has 3 heterocycles. The minimum atomic E-state index is -0.373. The van der Waals surface area contributed by atoms with Gasteiger partial charge in [0.05, 0.1) is 6.54 Å². The summed E-state index contributed by atoms with van der Waals surface area (Å²) in [5.41, 5.74) is 1.54. The van der Waals surface area contributed by atoms with Crippen molar-refractivity contribution in [1.29, 1.82) is 0 Å². The van der Waals surface area contributed by atoms with Gasteiger partial charge >= 0.3 is 0 Å². The van der Waals surface area contributed by atoms with Gasteiger partial charge in [0.15, 0.2) is 5.76 Å². The number of fused-ring (bicyclic) bond motifs is 1. The summed E-state index contributed by atoms with van der Waals surface area (Å²) in [6.07, 6.45) is 0.522. The molecule has 1 aromatic carbocycles. The SMILES string of the molecule is COCc1ccc(C(=O)N2CCc3onc(-c4ccccc4F)c3C2)o1. The van der Waals surface area contributed by atoms with Gasteiger partial charge in [0.1, 0.15) is 29.6 Å². The molecular formula is C19H17FN2O4. The molecule has 6 nitrogen and oxygen atoms in total. The highest BCUT2D eigenvalue weighted by Crippen LogP contribution is 2.32. The number of methoxy groups -OCH3 is 1. The maximum absolute atomic E-state index is 14.1. The van der Waals surface area contributed by atoms with Crippen molar-refractivity contribution in [3.8, 4) is 11.3 Å². The lowest BCUT2D eigenvalue weighted by Gasteiger charge is -2.25. The van der Waals surface area contributed by atoms with Crippen LogP contribution in [0.25, 0.3) is 11.3 Å². The van der Waals surface area contributed by atoms with E-state index in [-0.39, 0.29) is 17.5 Å². The molecule has 3 aromatic rings. The molecular weight excluding hydrogens is 339 g/mol. The summed E-state index contributed by atoms with van der Waals surface area (Å²) < 4.78 is 30.0. The second-order valence-electron chi connectivity index (χ2n) is 6.09. The van der Waals surface area contributed by atoms with Crippen LogP contribution in [0.3, 0.4) is 0 Å². The highest BCUT2D eigenvalue weighted by molar-refractivity contribution is 5.91. The molecule has 1 aliphatic heterocycles. The fourth-order valence-corrected chi connectivity index (χ4v) is 3.12. The predicted octanol–water partition coefficient (Wildman–Crippen LogP) is 3.42. The Morgan fingerprint density at radius 2 is 2.15 bits per heavy atom. The van der Waals surface area contributed by atoms with E-state index >= 15 is 0 Å². The van der Waals surface area contributed by atoms with Gasteiger partial charge in [-0.2, -0.15) is 0 Å². The maximum Gasteiger partial charge on any atom is 0.289 e. The Balaban J connectivity index is 1.60. The molecule has 0 fully saturated rings. The molecule has 1 amide bonds. The van der Waals surface area contributed by atoms with Crippen LogP contribution in [0.5, 0.6) is 0 Å². The van der Waals surface area contributed by atoms with E-state index in [1.54, 1.807) is 42.3 Å². The van der Waals surface area contributed by atoms with E-state index in [0.717, 1.165) is 5.56 Å². The van der Waals surface area contributed by atoms with Crippen molar-refractivity contribution < 1.29 is 22.9 Å². The molecule has 1 aliphatic rings. The lowest BCUT2D eigenvalue weighted by atomic mass is 10.0. The maximum atomic E-state index is 14.1. The van der Waals surface area contributed by atoms with Gasteiger partial charge in [0.2, 0.25) is 0 Å². The third kappa shape index (κ3) is 2.90. The Hall–Kier alpha value is -2.93. The summed E-state index contributed by atoms with van der Waals surface area (Å²) in [5.74, 6) is 0.933. The zero-order valence-electron chi connectivity index (χ0n) is 14.2. The molecule has 0 N–H and O–H groups in total. The Bertz CT molecular complexity index is 947. The first-order valence-corrected chi connectivity index (χ1v) is 8.26. The van der Waals surface area contributed by atoms with Gasteiger partial charge in [-0.25, -0.2) is 4.39 Å². The molecule has 4 rings (SSSR count). The third-order valence-corrected chi connectivity index (χ3v) is 4.40. The van der Waals surface area contributed by atoms with Crippen molar-refractivity contribution >= 4 is 5.91 Å². The van der Waals surface area contributed by atoms with Gasteiger partial charge < -0.3 is 18.6 Å². The number of carbonyl (C=O) groups excluding carboxylic acids is 1. The molecule has 0 saturated heterocycles. The molecule has 0 aliphatic carbocycles. The average Bonchev–Trinajstić information content (AvgIpc) is 3.28. The number of ether oxygens (including phenoxy) is 1. The fraction of sp³-hybridized carbons (Fsp3) is 0.263. The van der Waals surface area contributed by atoms with Crippen LogP contribution in [0.15, 0.2) is 45.3 Å². The molecule has 26 heavy (non-hydrogen) atoms. The molecule has 2 aromatic heterocycles. The first kappa shape index (κ1) is 16.5. The van der Waals surface area contributed by atoms with Crippen LogP contribution in [-0.4, -0.2) is 29.6 Å². The zero-order valence-corrected chi connectivity index (χ0v) is 14.2. The summed E-state index contributed by atoms with van der Waals surface area (Å²) in [7, 11) is 1.56. The summed E-state index contributed by atoms with van der Waals surface area (Å²) in [5, 5.41) is 4.03. The largest absolute Gasteiger partial charge is 0.453 e. The van der Waals surface area contributed by atoms with Gasteiger partial charge in [0, 0.05) is 31.2 Å². The van der Waals surface area contributed by atoms with E-state index in [1.165, 1.54) is 6.07 Å². The summed E-state index contributed by atoms with van der Waals surface area (Å²) in [6.45, 7) is 1.08. The second-order valence-corrected chi connectivity index (χ2v) is 6.09. The molecule has 0 unspecified atom stereocenters. The zero-order chi connectivity index (χ0) is 18.1. The Labute approximate surface area is 149 Å². The minimum Gasteiger partial charge on any atom is -0.453 e. The van der Waals surface area contributed by atoms with Crippen LogP contribution in [0.1, 0.15) is 27.6 Å². The lowest BCUT2D eigenvalue weighted by Crippen LogP contribution is -2.35. The number of rotatable bonds is 4.